The third-order valence-corrected chi connectivity index (χ3v) is 3.60. The highest BCUT2D eigenvalue weighted by Crippen LogP contribution is 2.28. The van der Waals surface area contributed by atoms with Crippen LogP contribution in [0.5, 0.6) is 0 Å². The number of rotatable bonds is 2. The van der Waals surface area contributed by atoms with Gasteiger partial charge in [-0.2, -0.15) is 5.26 Å². The lowest BCUT2D eigenvalue weighted by Crippen LogP contribution is -2.14. The highest BCUT2D eigenvalue weighted by molar-refractivity contribution is 9.10. The van der Waals surface area contributed by atoms with Crippen LogP contribution in [-0.4, -0.2) is 16.2 Å². The molecule has 1 N–H and O–H groups in total. The first-order valence-electron chi connectivity index (χ1n) is 5.00. The number of hydrogen-bond acceptors (Lipinski definition) is 4. The minimum absolute atomic E-state index is 0.0275. The Hall–Kier alpha value is -1.58. The average Bonchev–Trinajstić information content (AvgIpc) is 2.38. The molecule has 0 unspecified atom stereocenters. The van der Waals surface area contributed by atoms with Crippen LogP contribution < -0.4 is 5.56 Å². The fourth-order valence-corrected chi connectivity index (χ4v) is 2.35. The molecule has 0 radical (unpaired) electrons. The van der Waals surface area contributed by atoms with Crippen LogP contribution in [0.4, 0.5) is 0 Å². The average molecular weight is 322 g/mol. The van der Waals surface area contributed by atoms with Gasteiger partial charge in [0.05, 0.1) is 5.69 Å². The van der Waals surface area contributed by atoms with E-state index in [0.717, 1.165) is 10.0 Å². The van der Waals surface area contributed by atoms with Gasteiger partial charge in [-0.15, -0.1) is 0 Å². The van der Waals surface area contributed by atoms with Crippen LogP contribution in [0.15, 0.2) is 38.7 Å². The van der Waals surface area contributed by atoms with E-state index in [0.29, 0.717) is 10.9 Å². The van der Waals surface area contributed by atoms with E-state index >= 15 is 0 Å². The summed E-state index contributed by atoms with van der Waals surface area (Å²) in [5.74, 6) is 0. The smallest absolute Gasteiger partial charge is 0.270 e. The highest BCUT2D eigenvalue weighted by Gasteiger charge is 2.14. The van der Waals surface area contributed by atoms with Gasteiger partial charge in [0.1, 0.15) is 11.6 Å². The SMILES string of the molecule is CSc1nc(-c2ccccc2Br)c(C#N)c(=O)[nH]1. The van der Waals surface area contributed by atoms with Gasteiger partial charge in [0.25, 0.3) is 5.56 Å². The fourth-order valence-electron chi connectivity index (χ4n) is 1.50. The summed E-state index contributed by atoms with van der Waals surface area (Å²) in [5, 5.41) is 9.57. The minimum atomic E-state index is -0.414. The Kier molecular flexibility index (Phi) is 3.84. The molecule has 0 atom stereocenters. The van der Waals surface area contributed by atoms with E-state index in [4.69, 9.17) is 5.26 Å². The van der Waals surface area contributed by atoms with Crippen molar-refractivity contribution < 1.29 is 0 Å². The Bertz CT molecular complexity index is 690. The Balaban J connectivity index is 2.78. The molecule has 6 heteroatoms. The topological polar surface area (TPSA) is 69.5 Å². The Morgan fingerprint density at radius 3 is 2.78 bits per heavy atom. The van der Waals surface area contributed by atoms with Gasteiger partial charge < -0.3 is 4.98 Å². The molecule has 1 aromatic heterocycles. The molecule has 0 saturated heterocycles. The molecule has 0 amide bonds. The van der Waals surface area contributed by atoms with Crippen molar-refractivity contribution in [1.82, 2.24) is 9.97 Å². The van der Waals surface area contributed by atoms with Crippen molar-refractivity contribution in [3.63, 3.8) is 0 Å². The van der Waals surface area contributed by atoms with E-state index in [9.17, 15) is 4.79 Å². The van der Waals surface area contributed by atoms with E-state index < -0.39 is 5.56 Å². The van der Waals surface area contributed by atoms with Gasteiger partial charge in [0.15, 0.2) is 5.16 Å². The molecule has 0 aliphatic heterocycles. The van der Waals surface area contributed by atoms with Crippen LogP contribution in [-0.2, 0) is 0 Å². The normalized spacial score (nSPS) is 10.1. The van der Waals surface area contributed by atoms with Gasteiger partial charge in [-0.1, -0.05) is 45.9 Å². The number of halogens is 1. The van der Waals surface area contributed by atoms with E-state index in [1.165, 1.54) is 11.8 Å². The van der Waals surface area contributed by atoms with Crippen molar-refractivity contribution in [2.45, 2.75) is 5.16 Å². The van der Waals surface area contributed by atoms with Crippen molar-refractivity contribution in [2.24, 2.45) is 0 Å². The van der Waals surface area contributed by atoms with Gasteiger partial charge in [0, 0.05) is 10.0 Å². The Labute approximate surface area is 116 Å². The number of nitrogens with zero attached hydrogens (tertiary/aromatic N) is 2. The Morgan fingerprint density at radius 2 is 2.17 bits per heavy atom. The summed E-state index contributed by atoms with van der Waals surface area (Å²) in [4.78, 5) is 18.7. The predicted molar refractivity (Wildman–Crippen MR) is 74.5 cm³/mol. The molecule has 1 aromatic carbocycles. The van der Waals surface area contributed by atoms with E-state index in [2.05, 4.69) is 25.9 Å². The second-order valence-electron chi connectivity index (χ2n) is 3.39. The first-order valence-corrected chi connectivity index (χ1v) is 7.02. The minimum Gasteiger partial charge on any atom is -0.300 e. The maximum atomic E-state index is 11.8. The highest BCUT2D eigenvalue weighted by atomic mass is 79.9. The molecular weight excluding hydrogens is 314 g/mol. The lowest BCUT2D eigenvalue weighted by Gasteiger charge is -2.06. The molecule has 2 rings (SSSR count). The van der Waals surface area contributed by atoms with Gasteiger partial charge in [0.2, 0.25) is 0 Å². The number of aromatic nitrogens is 2. The molecular formula is C12H8BrN3OS. The molecule has 0 fully saturated rings. The number of benzene rings is 1. The van der Waals surface area contributed by atoms with Gasteiger partial charge in [-0.25, -0.2) is 4.98 Å². The molecule has 90 valence electrons. The number of thioether (sulfide) groups is 1. The van der Waals surface area contributed by atoms with E-state index in [-0.39, 0.29) is 5.56 Å². The van der Waals surface area contributed by atoms with Crippen LogP contribution in [0.2, 0.25) is 0 Å². The molecule has 2 aromatic rings. The van der Waals surface area contributed by atoms with Gasteiger partial charge >= 0.3 is 0 Å². The number of aromatic amines is 1. The van der Waals surface area contributed by atoms with Crippen molar-refractivity contribution in [2.75, 3.05) is 6.26 Å². The number of hydrogen-bond donors (Lipinski definition) is 1. The monoisotopic (exact) mass is 321 g/mol. The number of H-pyrrole nitrogens is 1. The summed E-state index contributed by atoms with van der Waals surface area (Å²) in [7, 11) is 0. The van der Waals surface area contributed by atoms with Crippen LogP contribution in [0.1, 0.15) is 5.56 Å². The summed E-state index contributed by atoms with van der Waals surface area (Å²) in [6.07, 6.45) is 1.81. The maximum absolute atomic E-state index is 11.8. The third kappa shape index (κ3) is 2.33. The standard InChI is InChI=1S/C12H8BrN3OS/c1-18-12-15-10(8(6-14)11(17)16-12)7-4-2-3-5-9(7)13/h2-5H,1H3,(H,15,16,17). The molecule has 4 nitrogen and oxygen atoms in total. The van der Waals surface area contributed by atoms with Crippen molar-refractivity contribution >= 4 is 27.7 Å². The second-order valence-corrected chi connectivity index (χ2v) is 5.04. The summed E-state index contributed by atoms with van der Waals surface area (Å²) < 4.78 is 0.798. The van der Waals surface area contributed by atoms with Crippen LogP contribution >= 0.6 is 27.7 Å². The van der Waals surface area contributed by atoms with E-state index in [1.54, 1.807) is 0 Å². The first kappa shape index (κ1) is 12.9. The number of nitrogens with one attached hydrogen (secondary N) is 1. The van der Waals surface area contributed by atoms with Gasteiger partial charge in [-0.05, 0) is 12.3 Å². The Morgan fingerprint density at radius 1 is 1.44 bits per heavy atom. The second kappa shape index (κ2) is 5.38. The largest absolute Gasteiger partial charge is 0.300 e. The maximum Gasteiger partial charge on any atom is 0.270 e. The quantitative estimate of drug-likeness (QED) is 0.682. The van der Waals surface area contributed by atoms with Crippen molar-refractivity contribution in [3.8, 4) is 17.3 Å². The zero-order valence-electron chi connectivity index (χ0n) is 9.40. The lowest BCUT2D eigenvalue weighted by molar-refractivity contribution is 0.937. The summed E-state index contributed by atoms with van der Waals surface area (Å²) >= 11 is 4.72. The molecule has 0 aliphatic rings. The van der Waals surface area contributed by atoms with E-state index in [1.807, 2.05) is 36.6 Å². The molecule has 0 spiro atoms. The third-order valence-electron chi connectivity index (χ3n) is 2.33. The fraction of sp³-hybridized carbons (Fsp3) is 0.0833. The molecule has 0 bridgehead atoms. The van der Waals surface area contributed by atoms with Crippen LogP contribution in [0.3, 0.4) is 0 Å². The first-order chi connectivity index (χ1) is 8.67. The van der Waals surface area contributed by atoms with Crippen LogP contribution in [0, 0.1) is 11.3 Å². The molecule has 1 heterocycles. The summed E-state index contributed by atoms with van der Waals surface area (Å²) in [5.41, 5.74) is 0.746. The van der Waals surface area contributed by atoms with Crippen LogP contribution in [0.25, 0.3) is 11.3 Å². The molecule has 18 heavy (non-hydrogen) atoms. The summed E-state index contributed by atoms with van der Waals surface area (Å²) in [6.45, 7) is 0. The molecule has 0 aliphatic carbocycles. The lowest BCUT2D eigenvalue weighted by atomic mass is 10.1. The van der Waals surface area contributed by atoms with Crippen molar-refractivity contribution in [1.29, 1.82) is 5.26 Å². The van der Waals surface area contributed by atoms with Crippen molar-refractivity contribution in [3.05, 3.63) is 44.7 Å². The zero-order chi connectivity index (χ0) is 13.1. The molecule has 0 saturated carbocycles. The summed E-state index contributed by atoms with van der Waals surface area (Å²) in [6, 6.07) is 9.27. The number of nitriles is 1. The van der Waals surface area contributed by atoms with Gasteiger partial charge in [-0.3, -0.25) is 4.79 Å². The zero-order valence-corrected chi connectivity index (χ0v) is 11.8. The predicted octanol–water partition coefficient (Wildman–Crippen LogP) is 2.79.